The van der Waals surface area contributed by atoms with Crippen LogP contribution in [0.15, 0.2) is 41.6 Å². The van der Waals surface area contributed by atoms with Crippen molar-refractivity contribution in [1.29, 1.82) is 0 Å². The van der Waals surface area contributed by atoms with E-state index in [9.17, 15) is 18.0 Å². The van der Waals surface area contributed by atoms with E-state index in [1.807, 2.05) is 29.6 Å². The van der Waals surface area contributed by atoms with Gasteiger partial charge in [0.1, 0.15) is 0 Å². The van der Waals surface area contributed by atoms with E-state index >= 15 is 0 Å². The summed E-state index contributed by atoms with van der Waals surface area (Å²) in [7, 11) is -3.40. The number of nitrogens with zero attached hydrogens (tertiary/aromatic N) is 1. The lowest BCUT2D eigenvalue weighted by atomic mass is 10.1. The number of aryl methyl sites for hydroxylation is 1. The molecular weight excluding hydrogens is 398 g/mol. The number of sulfone groups is 1. The van der Waals surface area contributed by atoms with E-state index in [0.29, 0.717) is 11.7 Å². The van der Waals surface area contributed by atoms with Crippen LogP contribution in [0.3, 0.4) is 0 Å². The molecule has 0 aliphatic heterocycles. The summed E-state index contributed by atoms with van der Waals surface area (Å²) in [5.41, 5.74) is 2.83. The van der Waals surface area contributed by atoms with Gasteiger partial charge < -0.3 is 10.6 Å². The fourth-order valence-corrected chi connectivity index (χ4v) is 3.74. The van der Waals surface area contributed by atoms with Crippen LogP contribution in [0.4, 0.5) is 5.13 Å². The molecule has 0 atom stereocenters. The minimum atomic E-state index is -3.40. The summed E-state index contributed by atoms with van der Waals surface area (Å²) in [6.45, 7) is 5.37. The SMILES string of the molecule is C=CS(=O)(=O)CCC(=O)Nc1nc(-c2ccc(CCCNC(C)=O)cc2)cs1. The summed E-state index contributed by atoms with van der Waals surface area (Å²) in [6, 6.07) is 7.96. The number of hydrogen-bond donors (Lipinski definition) is 2. The number of thiazole rings is 1. The summed E-state index contributed by atoms with van der Waals surface area (Å²) in [5, 5.41) is 8.50. The van der Waals surface area contributed by atoms with Crippen LogP contribution in [0.1, 0.15) is 25.3 Å². The highest BCUT2D eigenvalue weighted by Gasteiger charge is 2.12. The average Bonchev–Trinajstić information content (AvgIpc) is 3.12. The summed E-state index contributed by atoms with van der Waals surface area (Å²) in [4.78, 5) is 27.1. The molecule has 150 valence electrons. The van der Waals surface area contributed by atoms with Crippen molar-refractivity contribution in [2.45, 2.75) is 26.2 Å². The first-order valence-corrected chi connectivity index (χ1v) is 11.3. The molecule has 0 unspecified atom stereocenters. The third-order valence-corrected chi connectivity index (χ3v) is 5.92. The number of hydrogen-bond acceptors (Lipinski definition) is 6. The molecule has 1 heterocycles. The lowest BCUT2D eigenvalue weighted by Gasteiger charge is -2.04. The van der Waals surface area contributed by atoms with Crippen LogP contribution in [0.2, 0.25) is 0 Å². The molecule has 0 fully saturated rings. The van der Waals surface area contributed by atoms with Gasteiger partial charge >= 0.3 is 0 Å². The number of anilines is 1. The first kappa shape index (κ1) is 21.8. The van der Waals surface area contributed by atoms with Crippen molar-refractivity contribution in [3.63, 3.8) is 0 Å². The van der Waals surface area contributed by atoms with Crippen molar-refractivity contribution in [2.75, 3.05) is 17.6 Å². The van der Waals surface area contributed by atoms with Crippen LogP contribution in [0.25, 0.3) is 11.3 Å². The van der Waals surface area contributed by atoms with Gasteiger partial charge in [0.2, 0.25) is 11.8 Å². The third-order valence-electron chi connectivity index (χ3n) is 3.88. The minimum absolute atomic E-state index is 0.0240. The Morgan fingerprint density at radius 1 is 1.25 bits per heavy atom. The maximum atomic E-state index is 11.9. The highest BCUT2D eigenvalue weighted by atomic mass is 32.2. The molecule has 1 aromatic carbocycles. The lowest BCUT2D eigenvalue weighted by Crippen LogP contribution is -2.21. The smallest absolute Gasteiger partial charge is 0.227 e. The molecule has 28 heavy (non-hydrogen) atoms. The van der Waals surface area contributed by atoms with Gasteiger partial charge in [-0.25, -0.2) is 13.4 Å². The summed E-state index contributed by atoms with van der Waals surface area (Å²) in [6.07, 6.45) is 1.59. The van der Waals surface area contributed by atoms with E-state index in [2.05, 4.69) is 22.2 Å². The van der Waals surface area contributed by atoms with Crippen molar-refractivity contribution < 1.29 is 18.0 Å². The molecule has 7 nitrogen and oxygen atoms in total. The second-order valence-corrected chi connectivity index (χ2v) is 9.08. The monoisotopic (exact) mass is 421 g/mol. The maximum absolute atomic E-state index is 11.9. The Morgan fingerprint density at radius 3 is 2.61 bits per heavy atom. The largest absolute Gasteiger partial charge is 0.356 e. The molecule has 1 aromatic heterocycles. The molecule has 0 spiro atoms. The van der Waals surface area contributed by atoms with E-state index in [4.69, 9.17) is 0 Å². The molecule has 0 aliphatic carbocycles. The van der Waals surface area contributed by atoms with Gasteiger partial charge in [0.25, 0.3) is 0 Å². The van der Waals surface area contributed by atoms with Gasteiger partial charge in [-0.15, -0.1) is 11.3 Å². The normalized spacial score (nSPS) is 11.0. The summed E-state index contributed by atoms with van der Waals surface area (Å²) >= 11 is 1.28. The number of carbonyl (C=O) groups excluding carboxylic acids is 2. The van der Waals surface area contributed by atoms with Crippen LogP contribution in [0, 0.1) is 0 Å². The van der Waals surface area contributed by atoms with Crippen LogP contribution in [0.5, 0.6) is 0 Å². The second-order valence-electron chi connectivity index (χ2n) is 6.15. The zero-order chi connectivity index (χ0) is 20.6. The second kappa shape index (κ2) is 10.1. The Morgan fingerprint density at radius 2 is 1.96 bits per heavy atom. The molecule has 0 saturated carbocycles. The van der Waals surface area contributed by atoms with Gasteiger partial charge in [0.05, 0.1) is 11.4 Å². The molecule has 2 N–H and O–H groups in total. The quantitative estimate of drug-likeness (QED) is 0.574. The van der Waals surface area contributed by atoms with Gasteiger partial charge in [0, 0.05) is 36.2 Å². The van der Waals surface area contributed by atoms with Crippen LogP contribution >= 0.6 is 11.3 Å². The fourth-order valence-electron chi connectivity index (χ4n) is 2.36. The van der Waals surface area contributed by atoms with Crippen LogP contribution in [-0.4, -0.2) is 37.5 Å². The third kappa shape index (κ3) is 7.24. The molecule has 0 aliphatic rings. The van der Waals surface area contributed by atoms with Gasteiger partial charge in [-0.3, -0.25) is 9.59 Å². The fraction of sp³-hybridized carbons (Fsp3) is 0.316. The van der Waals surface area contributed by atoms with E-state index < -0.39 is 15.7 Å². The van der Waals surface area contributed by atoms with Gasteiger partial charge in [-0.05, 0) is 18.4 Å². The van der Waals surface area contributed by atoms with Crippen LogP contribution < -0.4 is 10.6 Å². The molecule has 2 rings (SSSR count). The zero-order valence-corrected chi connectivity index (χ0v) is 17.2. The summed E-state index contributed by atoms with van der Waals surface area (Å²) < 4.78 is 22.7. The van der Waals surface area contributed by atoms with E-state index in [1.54, 1.807) is 0 Å². The number of nitrogens with one attached hydrogen (secondary N) is 2. The molecular formula is C19H23N3O4S2. The van der Waals surface area contributed by atoms with Crippen molar-refractivity contribution in [3.05, 3.63) is 47.2 Å². The van der Waals surface area contributed by atoms with Crippen LogP contribution in [-0.2, 0) is 25.8 Å². The number of rotatable bonds is 10. The first-order valence-electron chi connectivity index (χ1n) is 8.73. The average molecular weight is 422 g/mol. The lowest BCUT2D eigenvalue weighted by molar-refractivity contribution is -0.119. The van der Waals surface area contributed by atoms with Gasteiger partial charge in [-0.1, -0.05) is 30.8 Å². The maximum Gasteiger partial charge on any atom is 0.227 e. The van der Waals surface area contributed by atoms with Crippen molar-refractivity contribution in [1.82, 2.24) is 10.3 Å². The summed E-state index contributed by atoms with van der Waals surface area (Å²) in [5.74, 6) is -0.700. The standard InChI is InChI=1S/C19H23N3O4S2/c1-3-28(25,26)12-10-18(24)22-19-21-17(13-27-19)16-8-6-15(7-9-16)5-4-11-20-14(2)23/h3,6-9,13H,1,4-5,10-12H2,2H3,(H,20,23)(H,21,22,24). The Labute approximate surface area is 168 Å². The highest BCUT2D eigenvalue weighted by molar-refractivity contribution is 7.94. The van der Waals surface area contributed by atoms with Gasteiger partial charge in [0.15, 0.2) is 15.0 Å². The minimum Gasteiger partial charge on any atom is -0.356 e. The molecule has 0 bridgehead atoms. The molecule has 0 saturated heterocycles. The molecule has 0 radical (unpaired) electrons. The Bertz CT molecular complexity index is 934. The van der Waals surface area contributed by atoms with Crippen molar-refractivity contribution in [2.24, 2.45) is 0 Å². The zero-order valence-electron chi connectivity index (χ0n) is 15.6. The number of carbonyl (C=O) groups is 2. The number of amides is 2. The predicted octanol–water partition coefficient (Wildman–Crippen LogP) is 2.77. The topological polar surface area (TPSA) is 105 Å². The van der Waals surface area contributed by atoms with Crippen molar-refractivity contribution in [3.8, 4) is 11.3 Å². The van der Waals surface area contributed by atoms with Gasteiger partial charge in [-0.2, -0.15) is 0 Å². The van der Waals surface area contributed by atoms with E-state index in [1.165, 1.54) is 23.8 Å². The molecule has 9 heteroatoms. The molecule has 2 amide bonds. The van der Waals surface area contributed by atoms with E-state index in [-0.39, 0.29) is 18.1 Å². The Balaban J connectivity index is 1.88. The van der Waals surface area contributed by atoms with Crippen molar-refractivity contribution >= 4 is 38.1 Å². The van der Waals surface area contributed by atoms with E-state index in [0.717, 1.165) is 29.5 Å². The first-order chi connectivity index (χ1) is 13.3. The predicted molar refractivity (Wildman–Crippen MR) is 112 cm³/mol. The highest BCUT2D eigenvalue weighted by Crippen LogP contribution is 2.25. The Kier molecular flexibility index (Phi) is 7.89. The number of benzene rings is 1. The Hall–Kier alpha value is -2.52. The number of aromatic nitrogens is 1. The molecule has 2 aromatic rings.